The van der Waals surface area contributed by atoms with Crippen molar-refractivity contribution in [2.45, 2.75) is 25.1 Å². The molecule has 0 radical (unpaired) electrons. The minimum absolute atomic E-state index is 0.0165. The maximum Gasteiger partial charge on any atom is 0.323 e. The third-order valence-electron chi connectivity index (χ3n) is 4.21. The van der Waals surface area contributed by atoms with Gasteiger partial charge in [0.1, 0.15) is 17.0 Å². The third-order valence-corrected chi connectivity index (χ3v) is 5.47. The molecular formula is C19H20F2N2OS. The van der Waals surface area contributed by atoms with Gasteiger partial charge in [-0.25, -0.2) is 13.6 Å². The van der Waals surface area contributed by atoms with Crippen LogP contribution in [0.5, 0.6) is 0 Å². The number of hydrogen-bond donors (Lipinski definition) is 1. The maximum absolute atomic E-state index is 13.8. The second-order valence-corrected chi connectivity index (χ2v) is 7.48. The zero-order valence-corrected chi connectivity index (χ0v) is 14.9. The Balaban J connectivity index is 1.75. The number of benzene rings is 2. The Morgan fingerprint density at radius 3 is 2.56 bits per heavy atom. The summed E-state index contributed by atoms with van der Waals surface area (Å²) >= 11 is 1.67. The topological polar surface area (TPSA) is 32.3 Å². The smallest absolute Gasteiger partial charge is 0.308 e. The molecule has 6 heteroatoms. The van der Waals surface area contributed by atoms with E-state index in [2.05, 4.69) is 31.3 Å². The van der Waals surface area contributed by atoms with Gasteiger partial charge in [0, 0.05) is 18.4 Å². The number of anilines is 1. The van der Waals surface area contributed by atoms with E-state index < -0.39 is 11.6 Å². The highest BCUT2D eigenvalue weighted by Crippen LogP contribution is 2.38. The van der Waals surface area contributed by atoms with Crippen LogP contribution in [0.2, 0.25) is 0 Å². The van der Waals surface area contributed by atoms with Gasteiger partial charge in [-0.1, -0.05) is 38.1 Å². The fraction of sp³-hybridized carbons (Fsp3) is 0.316. The molecule has 0 aromatic heterocycles. The largest absolute Gasteiger partial charge is 0.323 e. The van der Waals surface area contributed by atoms with Gasteiger partial charge in [0.2, 0.25) is 0 Å². The van der Waals surface area contributed by atoms with Crippen molar-refractivity contribution in [3.8, 4) is 0 Å². The van der Waals surface area contributed by atoms with Crippen LogP contribution in [-0.4, -0.2) is 23.2 Å². The molecule has 3 rings (SSSR count). The summed E-state index contributed by atoms with van der Waals surface area (Å²) in [6, 6.07) is 11.0. The molecule has 1 fully saturated rings. The summed E-state index contributed by atoms with van der Waals surface area (Å²) in [6.45, 7) is 4.85. The lowest BCUT2D eigenvalue weighted by atomic mass is 10.0. The normalized spacial score (nSPS) is 17.2. The van der Waals surface area contributed by atoms with Crippen LogP contribution in [0.4, 0.5) is 19.3 Å². The molecule has 1 aliphatic rings. The summed E-state index contributed by atoms with van der Waals surface area (Å²) in [7, 11) is 0. The van der Waals surface area contributed by atoms with Crippen molar-refractivity contribution in [1.29, 1.82) is 0 Å². The van der Waals surface area contributed by atoms with Gasteiger partial charge in [-0.15, -0.1) is 11.8 Å². The fourth-order valence-corrected chi connectivity index (χ4v) is 4.03. The summed E-state index contributed by atoms with van der Waals surface area (Å²) in [5, 5.41) is 2.43. The molecule has 0 saturated carbocycles. The molecule has 1 unspecified atom stereocenters. The van der Waals surface area contributed by atoms with Crippen molar-refractivity contribution in [1.82, 2.24) is 4.90 Å². The third kappa shape index (κ3) is 3.95. The van der Waals surface area contributed by atoms with E-state index in [9.17, 15) is 13.6 Å². The quantitative estimate of drug-likeness (QED) is 0.796. The zero-order valence-electron chi connectivity index (χ0n) is 14.1. The Morgan fingerprint density at radius 2 is 1.92 bits per heavy atom. The maximum atomic E-state index is 13.8. The molecule has 0 bridgehead atoms. The Morgan fingerprint density at radius 1 is 1.20 bits per heavy atom. The van der Waals surface area contributed by atoms with Crippen LogP contribution in [0.3, 0.4) is 0 Å². The fourth-order valence-electron chi connectivity index (χ4n) is 2.78. The van der Waals surface area contributed by atoms with E-state index in [0.29, 0.717) is 12.5 Å². The Kier molecular flexibility index (Phi) is 5.27. The molecular weight excluding hydrogens is 342 g/mol. The van der Waals surface area contributed by atoms with Crippen molar-refractivity contribution in [3.63, 3.8) is 0 Å². The van der Waals surface area contributed by atoms with E-state index in [1.807, 2.05) is 12.1 Å². The number of rotatable bonds is 3. The molecule has 1 saturated heterocycles. The predicted octanol–water partition coefficient (Wildman–Crippen LogP) is 5.37. The first-order valence-electron chi connectivity index (χ1n) is 8.20. The number of hydrogen-bond acceptors (Lipinski definition) is 2. The van der Waals surface area contributed by atoms with Crippen molar-refractivity contribution < 1.29 is 13.6 Å². The van der Waals surface area contributed by atoms with Crippen LogP contribution in [0, 0.1) is 11.6 Å². The molecule has 1 N–H and O–H groups in total. The van der Waals surface area contributed by atoms with Gasteiger partial charge < -0.3 is 10.2 Å². The van der Waals surface area contributed by atoms with Crippen molar-refractivity contribution in [2.75, 3.05) is 17.6 Å². The first-order valence-corrected chi connectivity index (χ1v) is 9.24. The van der Waals surface area contributed by atoms with Crippen molar-refractivity contribution >= 4 is 23.5 Å². The average molecular weight is 362 g/mol. The molecule has 1 aliphatic heterocycles. The highest BCUT2D eigenvalue weighted by atomic mass is 32.2. The Labute approximate surface area is 150 Å². The second kappa shape index (κ2) is 7.44. The predicted molar refractivity (Wildman–Crippen MR) is 97.8 cm³/mol. The average Bonchev–Trinajstić information content (AvgIpc) is 3.07. The molecule has 2 aromatic rings. The van der Waals surface area contributed by atoms with Crippen LogP contribution in [0.25, 0.3) is 0 Å². The van der Waals surface area contributed by atoms with Crippen LogP contribution in [-0.2, 0) is 0 Å². The van der Waals surface area contributed by atoms with E-state index >= 15 is 0 Å². The minimum atomic E-state index is -0.780. The van der Waals surface area contributed by atoms with Gasteiger partial charge in [0.15, 0.2) is 0 Å². The lowest BCUT2D eigenvalue weighted by molar-refractivity contribution is 0.214. The molecule has 2 amide bonds. The van der Waals surface area contributed by atoms with Gasteiger partial charge in [-0.05, 0) is 29.2 Å². The highest BCUT2D eigenvalue weighted by molar-refractivity contribution is 7.99. The first-order chi connectivity index (χ1) is 12.0. The number of nitrogens with one attached hydrogen (secondary N) is 1. The number of urea groups is 1. The molecule has 0 spiro atoms. The Bertz CT molecular complexity index is 765. The van der Waals surface area contributed by atoms with Gasteiger partial charge in [0.25, 0.3) is 0 Å². The molecule has 2 aromatic carbocycles. The number of carbonyl (C=O) groups is 1. The molecule has 3 nitrogen and oxygen atoms in total. The molecule has 1 atom stereocenters. The highest BCUT2D eigenvalue weighted by Gasteiger charge is 2.31. The summed E-state index contributed by atoms with van der Waals surface area (Å²) in [6.07, 6.45) is 0. The standard InChI is InChI=1S/C19H20F2N2OS/c1-12(2)13-3-5-14(6-4-13)18-23(9-10-25-18)19(24)22-17-8-7-15(20)11-16(17)21/h3-8,11-12,18H,9-10H2,1-2H3,(H,22,24). The summed E-state index contributed by atoms with van der Waals surface area (Å²) in [5.41, 5.74) is 2.27. The van der Waals surface area contributed by atoms with E-state index in [4.69, 9.17) is 0 Å². The van der Waals surface area contributed by atoms with Crippen LogP contribution in [0.15, 0.2) is 42.5 Å². The van der Waals surface area contributed by atoms with E-state index in [0.717, 1.165) is 23.4 Å². The SMILES string of the molecule is CC(C)c1ccc(C2SCCN2C(=O)Nc2ccc(F)cc2F)cc1. The van der Waals surface area contributed by atoms with Gasteiger partial charge in [-0.2, -0.15) is 0 Å². The number of nitrogens with zero attached hydrogens (tertiary/aromatic N) is 1. The monoisotopic (exact) mass is 362 g/mol. The van der Waals surface area contributed by atoms with E-state index in [1.165, 1.54) is 11.6 Å². The van der Waals surface area contributed by atoms with E-state index in [1.54, 1.807) is 16.7 Å². The zero-order chi connectivity index (χ0) is 18.0. The Hall–Kier alpha value is -2.08. The van der Waals surface area contributed by atoms with E-state index in [-0.39, 0.29) is 17.1 Å². The summed E-state index contributed by atoms with van der Waals surface area (Å²) < 4.78 is 26.8. The van der Waals surface area contributed by atoms with Crippen LogP contribution >= 0.6 is 11.8 Å². The number of carbonyl (C=O) groups excluding carboxylic acids is 1. The summed E-state index contributed by atoms with van der Waals surface area (Å²) in [5.74, 6) is -0.185. The molecule has 1 heterocycles. The van der Waals surface area contributed by atoms with Crippen molar-refractivity contribution in [2.24, 2.45) is 0 Å². The van der Waals surface area contributed by atoms with Crippen molar-refractivity contribution in [3.05, 3.63) is 65.2 Å². The lowest BCUT2D eigenvalue weighted by Gasteiger charge is -2.25. The second-order valence-electron chi connectivity index (χ2n) is 6.29. The van der Waals surface area contributed by atoms with Gasteiger partial charge in [-0.3, -0.25) is 0 Å². The van der Waals surface area contributed by atoms with Gasteiger partial charge in [0.05, 0.1) is 5.69 Å². The lowest BCUT2D eigenvalue weighted by Crippen LogP contribution is -2.34. The van der Waals surface area contributed by atoms with Gasteiger partial charge >= 0.3 is 6.03 Å². The number of amides is 2. The van der Waals surface area contributed by atoms with Crippen LogP contribution in [0.1, 0.15) is 36.3 Å². The molecule has 0 aliphatic carbocycles. The minimum Gasteiger partial charge on any atom is -0.308 e. The molecule has 25 heavy (non-hydrogen) atoms. The summed E-state index contributed by atoms with van der Waals surface area (Å²) in [4.78, 5) is 14.2. The molecule has 132 valence electrons. The first kappa shape index (κ1) is 17.7. The number of thioether (sulfide) groups is 1. The number of halogens is 2. The van der Waals surface area contributed by atoms with Crippen LogP contribution < -0.4 is 5.32 Å².